The van der Waals surface area contributed by atoms with Gasteiger partial charge in [0.25, 0.3) is 5.91 Å². The lowest BCUT2D eigenvalue weighted by Crippen LogP contribution is -2.28. The number of aromatic carboxylic acids is 1. The summed E-state index contributed by atoms with van der Waals surface area (Å²) in [6.07, 6.45) is 1.51. The number of carboxylic acid groups (broad SMARTS) is 1. The molecule has 5 rings (SSSR count). The van der Waals surface area contributed by atoms with Gasteiger partial charge in [0.05, 0.1) is 29.7 Å². The monoisotopic (exact) mass is 605 g/mol. The van der Waals surface area contributed by atoms with E-state index in [9.17, 15) is 19.1 Å². The van der Waals surface area contributed by atoms with Crippen molar-refractivity contribution in [2.45, 2.75) is 25.8 Å². The molecule has 0 unspecified atom stereocenters. The van der Waals surface area contributed by atoms with Crippen LogP contribution in [0.15, 0.2) is 72.8 Å². The van der Waals surface area contributed by atoms with Gasteiger partial charge in [0.15, 0.2) is 11.6 Å². The highest BCUT2D eigenvalue weighted by Crippen LogP contribution is 2.39. The third-order valence-electron chi connectivity index (χ3n) is 6.96. The first kappa shape index (κ1) is 29.1. The Morgan fingerprint density at radius 3 is 2.50 bits per heavy atom. The molecule has 7 nitrogen and oxygen atoms in total. The van der Waals surface area contributed by atoms with E-state index < -0.39 is 17.7 Å². The summed E-state index contributed by atoms with van der Waals surface area (Å²) < 4.78 is 19.4. The lowest BCUT2D eigenvalue weighted by atomic mass is 9.93. The molecule has 0 spiro atoms. The second-order valence-corrected chi connectivity index (χ2v) is 10.5. The summed E-state index contributed by atoms with van der Waals surface area (Å²) in [5, 5.41) is 14.1. The molecule has 0 saturated heterocycles. The number of halogens is 3. The Balaban J connectivity index is 1.55. The van der Waals surface area contributed by atoms with E-state index in [2.05, 4.69) is 15.3 Å². The minimum Gasteiger partial charge on any atom is -0.494 e. The summed E-state index contributed by atoms with van der Waals surface area (Å²) in [6, 6.07) is 19.3. The van der Waals surface area contributed by atoms with Gasteiger partial charge in [0.1, 0.15) is 5.82 Å². The number of aromatic amines is 1. The maximum Gasteiger partial charge on any atom is 0.336 e. The predicted octanol–water partition coefficient (Wildman–Crippen LogP) is 8.32. The standard InChI is InChI=1S/C32H26Cl2FN3O4/c1-3-5-25(17-8-11-19(33)12-9-17)38-31(39)18-10-13-20(22(14-18)32(40)41)29-21(6-4-7-23(29)34)30-36-26-15-24(35)28(42-2)16-27(26)37-30/h4,6-16,25H,3,5H2,1-2H3,(H,36,37)(H,38,39)(H,40,41)/t25-/m0/s1. The third kappa shape index (κ3) is 5.82. The number of hydrogen-bond acceptors (Lipinski definition) is 4. The lowest BCUT2D eigenvalue weighted by Gasteiger charge is -2.19. The van der Waals surface area contributed by atoms with Gasteiger partial charge in [-0.3, -0.25) is 4.79 Å². The number of fused-ring (bicyclic) bond motifs is 1. The van der Waals surface area contributed by atoms with Gasteiger partial charge in [-0.1, -0.05) is 66.9 Å². The van der Waals surface area contributed by atoms with Crippen molar-refractivity contribution in [3.8, 4) is 28.3 Å². The zero-order chi connectivity index (χ0) is 30.0. The lowest BCUT2D eigenvalue weighted by molar-refractivity contribution is 0.0697. The van der Waals surface area contributed by atoms with Crippen molar-refractivity contribution in [1.29, 1.82) is 0 Å². The van der Waals surface area contributed by atoms with Crippen LogP contribution in [-0.4, -0.2) is 34.1 Å². The third-order valence-corrected chi connectivity index (χ3v) is 7.53. The summed E-state index contributed by atoms with van der Waals surface area (Å²) in [4.78, 5) is 33.5. The van der Waals surface area contributed by atoms with Gasteiger partial charge in [0, 0.05) is 38.9 Å². The topological polar surface area (TPSA) is 104 Å². The summed E-state index contributed by atoms with van der Waals surface area (Å²) >= 11 is 12.7. The van der Waals surface area contributed by atoms with E-state index in [0.29, 0.717) is 45.0 Å². The molecule has 0 fully saturated rings. The summed E-state index contributed by atoms with van der Waals surface area (Å²) in [6.45, 7) is 2.02. The SMILES string of the molecule is CCC[C@H](NC(=O)c1ccc(-c2c(Cl)cccc2-c2nc3cc(OC)c(F)cc3[nH]2)c(C(=O)O)c1)c1ccc(Cl)cc1. The van der Waals surface area contributed by atoms with Crippen molar-refractivity contribution in [3.63, 3.8) is 0 Å². The molecule has 0 aliphatic rings. The number of H-pyrrole nitrogens is 1. The van der Waals surface area contributed by atoms with Gasteiger partial charge >= 0.3 is 5.97 Å². The van der Waals surface area contributed by atoms with Crippen molar-refractivity contribution < 1.29 is 23.8 Å². The number of rotatable bonds is 9. The number of nitrogens with one attached hydrogen (secondary N) is 2. The van der Waals surface area contributed by atoms with Crippen molar-refractivity contribution >= 4 is 46.1 Å². The Kier molecular flexibility index (Phi) is 8.47. The van der Waals surface area contributed by atoms with E-state index in [1.54, 1.807) is 42.5 Å². The van der Waals surface area contributed by atoms with E-state index in [-0.39, 0.29) is 27.9 Å². The number of amides is 1. The summed E-state index contributed by atoms with van der Waals surface area (Å²) in [5.74, 6) is -1.79. The Labute approximate surface area is 251 Å². The zero-order valence-electron chi connectivity index (χ0n) is 22.7. The van der Waals surface area contributed by atoms with Crippen LogP contribution in [0.3, 0.4) is 0 Å². The summed E-state index contributed by atoms with van der Waals surface area (Å²) in [5.41, 5.74) is 3.07. The van der Waals surface area contributed by atoms with Crippen LogP contribution in [0, 0.1) is 5.82 Å². The fourth-order valence-corrected chi connectivity index (χ4v) is 5.32. The summed E-state index contributed by atoms with van der Waals surface area (Å²) in [7, 11) is 1.37. The van der Waals surface area contributed by atoms with Crippen LogP contribution in [0.25, 0.3) is 33.5 Å². The van der Waals surface area contributed by atoms with Gasteiger partial charge in [-0.2, -0.15) is 0 Å². The van der Waals surface area contributed by atoms with Crippen LogP contribution in [0.5, 0.6) is 5.75 Å². The first-order chi connectivity index (χ1) is 20.2. The number of benzene rings is 4. The van der Waals surface area contributed by atoms with Gasteiger partial charge in [-0.05, 0) is 47.9 Å². The molecular formula is C32H26Cl2FN3O4. The number of carbonyl (C=O) groups excluding carboxylic acids is 1. The molecule has 0 radical (unpaired) electrons. The molecule has 0 saturated carbocycles. The van der Waals surface area contributed by atoms with Crippen LogP contribution >= 0.6 is 23.2 Å². The Morgan fingerprint density at radius 2 is 1.81 bits per heavy atom. The Bertz CT molecular complexity index is 1800. The van der Waals surface area contributed by atoms with E-state index in [1.807, 2.05) is 19.1 Å². The van der Waals surface area contributed by atoms with Crippen LogP contribution in [0.4, 0.5) is 4.39 Å². The number of imidazole rings is 1. The largest absolute Gasteiger partial charge is 0.494 e. The highest BCUT2D eigenvalue weighted by atomic mass is 35.5. The molecule has 0 aliphatic heterocycles. The molecule has 4 aromatic carbocycles. The van der Waals surface area contributed by atoms with Crippen LogP contribution in [0.2, 0.25) is 10.0 Å². The van der Waals surface area contributed by atoms with E-state index >= 15 is 0 Å². The second-order valence-electron chi connectivity index (χ2n) is 9.68. The second kappa shape index (κ2) is 12.2. The van der Waals surface area contributed by atoms with Crippen LogP contribution in [-0.2, 0) is 0 Å². The average molecular weight is 606 g/mol. The average Bonchev–Trinajstić information content (AvgIpc) is 3.39. The minimum absolute atomic E-state index is 0.0473. The number of ether oxygens (including phenoxy) is 1. The predicted molar refractivity (Wildman–Crippen MR) is 162 cm³/mol. The number of aromatic nitrogens is 2. The van der Waals surface area contributed by atoms with Crippen LogP contribution in [0.1, 0.15) is 52.1 Å². The molecule has 1 atom stereocenters. The highest BCUT2D eigenvalue weighted by molar-refractivity contribution is 6.34. The molecule has 1 aromatic heterocycles. The highest BCUT2D eigenvalue weighted by Gasteiger charge is 2.23. The van der Waals surface area contributed by atoms with Crippen molar-refractivity contribution in [2.75, 3.05) is 7.11 Å². The fourth-order valence-electron chi connectivity index (χ4n) is 4.92. The molecule has 42 heavy (non-hydrogen) atoms. The number of hydrogen-bond donors (Lipinski definition) is 3. The van der Waals surface area contributed by atoms with Crippen LogP contribution < -0.4 is 10.1 Å². The molecule has 3 N–H and O–H groups in total. The van der Waals surface area contributed by atoms with Gasteiger partial charge in [0.2, 0.25) is 0 Å². The van der Waals surface area contributed by atoms with Gasteiger partial charge in [-0.25, -0.2) is 14.2 Å². The number of methoxy groups -OCH3 is 1. The molecule has 1 amide bonds. The van der Waals surface area contributed by atoms with Crippen molar-refractivity contribution in [3.05, 3.63) is 105 Å². The molecule has 5 aromatic rings. The molecular weight excluding hydrogens is 580 g/mol. The minimum atomic E-state index is -1.23. The van der Waals surface area contributed by atoms with E-state index in [1.165, 1.54) is 25.3 Å². The van der Waals surface area contributed by atoms with Gasteiger partial charge in [-0.15, -0.1) is 0 Å². The molecule has 10 heteroatoms. The maximum atomic E-state index is 14.3. The molecule has 1 heterocycles. The number of nitrogens with zero attached hydrogens (tertiary/aromatic N) is 1. The number of carboxylic acids is 1. The quantitative estimate of drug-likeness (QED) is 0.157. The zero-order valence-corrected chi connectivity index (χ0v) is 24.2. The molecule has 0 bridgehead atoms. The Morgan fingerprint density at radius 1 is 1.05 bits per heavy atom. The normalized spacial score (nSPS) is 11.8. The van der Waals surface area contributed by atoms with E-state index in [4.69, 9.17) is 27.9 Å². The molecule has 0 aliphatic carbocycles. The van der Waals surface area contributed by atoms with Gasteiger partial charge < -0.3 is 20.1 Å². The Hall–Kier alpha value is -4.40. The molecule has 214 valence electrons. The van der Waals surface area contributed by atoms with Crippen molar-refractivity contribution in [2.24, 2.45) is 0 Å². The number of carbonyl (C=O) groups is 2. The van der Waals surface area contributed by atoms with Crippen molar-refractivity contribution in [1.82, 2.24) is 15.3 Å². The smallest absolute Gasteiger partial charge is 0.336 e. The van der Waals surface area contributed by atoms with E-state index in [0.717, 1.165) is 12.0 Å². The fraction of sp³-hybridized carbons (Fsp3) is 0.156. The maximum absolute atomic E-state index is 14.3. The first-order valence-corrected chi connectivity index (χ1v) is 13.9. The first-order valence-electron chi connectivity index (χ1n) is 13.2.